The number of aldehydes is 1. The van der Waals surface area contributed by atoms with Gasteiger partial charge in [0.05, 0.1) is 5.52 Å². The number of hydrogen-bond donors (Lipinski definition) is 0. The number of hydrogen-bond acceptors (Lipinski definition) is 1. The summed E-state index contributed by atoms with van der Waals surface area (Å²) in [4.78, 5) is 10.7. The topological polar surface area (TPSA) is 22.0 Å². The van der Waals surface area contributed by atoms with E-state index in [0.29, 0.717) is 0 Å². The fourth-order valence-electron chi connectivity index (χ4n) is 2.35. The van der Waals surface area contributed by atoms with Gasteiger partial charge in [-0.1, -0.05) is 0 Å². The van der Waals surface area contributed by atoms with Crippen molar-refractivity contribution in [3.05, 3.63) is 35.5 Å². The molecule has 0 fully saturated rings. The van der Waals surface area contributed by atoms with Crippen LogP contribution in [-0.2, 0) is 13.0 Å². The molecule has 0 spiro atoms. The highest BCUT2D eigenvalue weighted by molar-refractivity contribution is 5.90. The molecule has 0 saturated carbocycles. The smallest absolute Gasteiger partial charge is 0.150 e. The van der Waals surface area contributed by atoms with Gasteiger partial charge in [-0.3, -0.25) is 4.79 Å². The van der Waals surface area contributed by atoms with Gasteiger partial charge in [-0.2, -0.15) is 0 Å². The zero-order valence-electron chi connectivity index (χ0n) is 7.86. The summed E-state index contributed by atoms with van der Waals surface area (Å²) in [7, 11) is 0. The minimum Gasteiger partial charge on any atom is -0.347 e. The Labute approximate surface area is 82.1 Å². The Bertz CT molecular complexity index is 510. The quantitative estimate of drug-likeness (QED) is 0.625. The fourth-order valence-corrected chi connectivity index (χ4v) is 2.35. The summed E-state index contributed by atoms with van der Waals surface area (Å²) < 4.78 is 2.28. The van der Waals surface area contributed by atoms with Gasteiger partial charge in [0, 0.05) is 23.7 Å². The van der Waals surface area contributed by atoms with E-state index in [2.05, 4.69) is 16.8 Å². The molecule has 0 radical (unpaired) electrons. The van der Waals surface area contributed by atoms with E-state index < -0.39 is 0 Å². The van der Waals surface area contributed by atoms with Crippen molar-refractivity contribution in [3.8, 4) is 0 Å². The summed E-state index contributed by atoms with van der Waals surface area (Å²) >= 11 is 0. The lowest BCUT2D eigenvalue weighted by Gasteiger charge is -2.15. The predicted molar refractivity (Wildman–Crippen MR) is 55.6 cm³/mol. The zero-order valence-corrected chi connectivity index (χ0v) is 7.86. The third kappa shape index (κ3) is 0.939. The highest BCUT2D eigenvalue weighted by atomic mass is 16.1. The molecule has 2 nitrogen and oxygen atoms in total. The van der Waals surface area contributed by atoms with Crippen molar-refractivity contribution in [2.24, 2.45) is 0 Å². The average molecular weight is 185 g/mol. The summed E-state index contributed by atoms with van der Waals surface area (Å²) in [6, 6.07) is 6.08. The summed E-state index contributed by atoms with van der Waals surface area (Å²) in [6.45, 7) is 1.11. The lowest BCUT2D eigenvalue weighted by molar-refractivity contribution is 0.112. The van der Waals surface area contributed by atoms with Crippen molar-refractivity contribution in [3.63, 3.8) is 0 Å². The van der Waals surface area contributed by atoms with Gasteiger partial charge < -0.3 is 4.57 Å². The molecule has 2 heteroatoms. The second-order valence-electron chi connectivity index (χ2n) is 3.85. The van der Waals surface area contributed by atoms with Crippen molar-refractivity contribution < 1.29 is 4.79 Å². The molecule has 14 heavy (non-hydrogen) atoms. The van der Waals surface area contributed by atoms with E-state index in [1.165, 1.54) is 22.9 Å². The lowest BCUT2D eigenvalue weighted by Crippen LogP contribution is -2.06. The third-order valence-corrected chi connectivity index (χ3v) is 2.94. The molecule has 1 aliphatic heterocycles. The largest absolute Gasteiger partial charge is 0.347 e. The maximum atomic E-state index is 10.7. The Morgan fingerprint density at radius 3 is 3.14 bits per heavy atom. The van der Waals surface area contributed by atoms with E-state index in [4.69, 9.17) is 0 Å². The average Bonchev–Trinajstić information content (AvgIpc) is 2.64. The summed E-state index contributed by atoms with van der Waals surface area (Å²) in [5.74, 6) is 0. The molecular formula is C12H11NO. The maximum Gasteiger partial charge on any atom is 0.150 e. The highest BCUT2D eigenvalue weighted by Crippen LogP contribution is 2.27. The number of rotatable bonds is 1. The van der Waals surface area contributed by atoms with E-state index in [9.17, 15) is 4.79 Å². The van der Waals surface area contributed by atoms with E-state index in [1.807, 2.05) is 12.1 Å². The number of benzene rings is 1. The van der Waals surface area contributed by atoms with Gasteiger partial charge >= 0.3 is 0 Å². The summed E-state index contributed by atoms with van der Waals surface area (Å²) in [5.41, 5.74) is 3.44. The van der Waals surface area contributed by atoms with Gasteiger partial charge in [-0.05, 0) is 36.6 Å². The monoisotopic (exact) mass is 185 g/mol. The lowest BCUT2D eigenvalue weighted by atomic mass is 10.0. The van der Waals surface area contributed by atoms with E-state index in [-0.39, 0.29) is 0 Å². The second-order valence-corrected chi connectivity index (χ2v) is 3.85. The predicted octanol–water partition coefficient (Wildman–Crippen LogP) is 2.40. The van der Waals surface area contributed by atoms with Crippen LogP contribution < -0.4 is 0 Å². The molecule has 0 atom stereocenters. The maximum absolute atomic E-state index is 10.7. The molecule has 1 aliphatic rings. The molecule has 70 valence electrons. The van der Waals surface area contributed by atoms with Crippen molar-refractivity contribution in [2.75, 3.05) is 0 Å². The van der Waals surface area contributed by atoms with Crippen LogP contribution in [0.25, 0.3) is 10.9 Å². The molecule has 2 heterocycles. The molecule has 0 aliphatic carbocycles. The SMILES string of the molecule is O=Cc1cc2c3c(ccn3CCC2)c1. The number of nitrogens with zero attached hydrogens (tertiary/aromatic N) is 1. The van der Waals surface area contributed by atoms with Crippen LogP contribution in [0.5, 0.6) is 0 Å². The highest BCUT2D eigenvalue weighted by Gasteiger charge is 2.12. The van der Waals surface area contributed by atoms with Crippen LogP contribution in [0.1, 0.15) is 22.3 Å². The van der Waals surface area contributed by atoms with Gasteiger partial charge in [0.2, 0.25) is 0 Å². The summed E-state index contributed by atoms with van der Waals surface area (Å²) in [6.07, 6.45) is 5.32. The first-order chi connectivity index (χ1) is 6.88. The second kappa shape index (κ2) is 2.71. The number of aromatic nitrogens is 1. The minimum absolute atomic E-state index is 0.798. The molecule has 1 aromatic heterocycles. The Morgan fingerprint density at radius 2 is 2.29 bits per heavy atom. The van der Waals surface area contributed by atoms with Crippen LogP contribution in [0, 0.1) is 0 Å². The van der Waals surface area contributed by atoms with Gasteiger partial charge in [0.25, 0.3) is 0 Å². The molecule has 1 aromatic carbocycles. The molecule has 0 amide bonds. The molecule has 3 rings (SSSR count). The van der Waals surface area contributed by atoms with Crippen LogP contribution in [-0.4, -0.2) is 10.9 Å². The molecular weight excluding hydrogens is 174 g/mol. The first-order valence-corrected chi connectivity index (χ1v) is 4.95. The normalized spacial score (nSPS) is 14.6. The first-order valence-electron chi connectivity index (χ1n) is 4.95. The Hall–Kier alpha value is -1.57. The fraction of sp³-hybridized carbons (Fsp3) is 0.250. The van der Waals surface area contributed by atoms with E-state index >= 15 is 0 Å². The summed E-state index contributed by atoms with van der Waals surface area (Å²) in [5, 5.41) is 1.20. The Morgan fingerprint density at radius 1 is 1.36 bits per heavy atom. The molecule has 0 unspecified atom stereocenters. The van der Waals surface area contributed by atoms with Crippen molar-refractivity contribution in [2.45, 2.75) is 19.4 Å². The van der Waals surface area contributed by atoms with Gasteiger partial charge in [-0.25, -0.2) is 0 Å². The Kier molecular flexibility index (Phi) is 1.51. The third-order valence-electron chi connectivity index (χ3n) is 2.94. The molecule has 0 N–H and O–H groups in total. The van der Waals surface area contributed by atoms with Gasteiger partial charge in [-0.15, -0.1) is 0 Å². The van der Waals surface area contributed by atoms with Crippen LogP contribution in [0.4, 0.5) is 0 Å². The van der Waals surface area contributed by atoms with Crippen molar-refractivity contribution in [1.82, 2.24) is 4.57 Å². The Balaban J connectivity index is 2.41. The van der Waals surface area contributed by atoms with Crippen molar-refractivity contribution in [1.29, 1.82) is 0 Å². The van der Waals surface area contributed by atoms with Crippen LogP contribution in [0.3, 0.4) is 0 Å². The molecule has 2 aromatic rings. The standard InChI is InChI=1S/C12H11NO/c14-8-9-6-10-2-1-4-13-5-3-11(7-9)12(10)13/h3,5-8H,1-2,4H2. The van der Waals surface area contributed by atoms with Crippen LogP contribution in [0.2, 0.25) is 0 Å². The minimum atomic E-state index is 0.798. The van der Waals surface area contributed by atoms with Crippen LogP contribution in [0.15, 0.2) is 24.4 Å². The van der Waals surface area contributed by atoms with Gasteiger partial charge in [0.15, 0.2) is 0 Å². The number of carbonyl (C=O) groups excluding carboxylic acids is 1. The van der Waals surface area contributed by atoms with Crippen molar-refractivity contribution >= 4 is 17.2 Å². The number of aryl methyl sites for hydroxylation is 2. The zero-order chi connectivity index (χ0) is 9.54. The van der Waals surface area contributed by atoms with Gasteiger partial charge in [0.1, 0.15) is 6.29 Å². The number of carbonyl (C=O) groups is 1. The molecule has 0 bridgehead atoms. The van der Waals surface area contributed by atoms with Crippen LogP contribution >= 0.6 is 0 Å². The first kappa shape index (κ1) is 7.80. The molecule has 0 saturated heterocycles. The van der Waals surface area contributed by atoms with E-state index in [1.54, 1.807) is 0 Å². The van der Waals surface area contributed by atoms with E-state index in [0.717, 1.165) is 24.8 Å².